The Kier molecular flexibility index (Phi) is 6.70. The fraction of sp³-hybridized carbons (Fsp3) is 0. The molecular weight excluding hydrogens is 114 g/mol. The third kappa shape index (κ3) is 274. The van der Waals surface area contributed by atoms with Gasteiger partial charge in [0.25, 0.3) is 0 Å². The van der Waals surface area contributed by atoms with E-state index in [4.69, 9.17) is 9.90 Å². The standard InChI is InChI=1S/CH3NO2.Fe/c2-1(3)4;/h2H2,(H,3,4);/q;+3/p-1. The second-order valence-electron chi connectivity index (χ2n) is 0.319. The van der Waals surface area contributed by atoms with E-state index >= 15 is 0 Å². The predicted octanol–water partition coefficient (Wildman–Crippen LogP) is -1.71. The van der Waals surface area contributed by atoms with Gasteiger partial charge in [0.15, 0.2) is 0 Å². The van der Waals surface area contributed by atoms with Crippen LogP contribution in [0.2, 0.25) is 0 Å². The zero-order valence-electron chi connectivity index (χ0n) is 2.25. The van der Waals surface area contributed by atoms with Crippen molar-refractivity contribution < 1.29 is 27.0 Å². The number of hydrogen-bond donors (Lipinski definition) is 1. The van der Waals surface area contributed by atoms with Crippen LogP contribution in [0.5, 0.6) is 0 Å². The van der Waals surface area contributed by atoms with Gasteiger partial charge in [-0.15, -0.1) is 0 Å². The normalized spacial score (nSPS) is 4.80. The third-order valence-electron chi connectivity index (χ3n) is 0. The molecule has 0 aromatic heterocycles. The van der Waals surface area contributed by atoms with E-state index < -0.39 is 6.09 Å². The molecule has 0 aliphatic rings. The van der Waals surface area contributed by atoms with Crippen molar-refractivity contribution in [3.63, 3.8) is 0 Å². The number of primary amides is 1. The summed E-state index contributed by atoms with van der Waals surface area (Å²) in [6, 6.07) is 0. The van der Waals surface area contributed by atoms with Crippen molar-refractivity contribution in [2.75, 3.05) is 0 Å². The van der Waals surface area contributed by atoms with Gasteiger partial charge in [0.05, 0.1) is 0 Å². The fourth-order valence-electron chi connectivity index (χ4n) is 0. The zero-order valence-corrected chi connectivity index (χ0v) is 3.35. The molecule has 0 aromatic rings. The number of rotatable bonds is 0. The molecule has 29 valence electrons. The first kappa shape index (κ1) is 8.84. The molecular formula is CH2FeNO2+2. The molecule has 1 amide bonds. The van der Waals surface area contributed by atoms with E-state index in [1.807, 2.05) is 0 Å². The monoisotopic (exact) mass is 116 g/mol. The second kappa shape index (κ2) is 3.79. The summed E-state index contributed by atoms with van der Waals surface area (Å²) in [5, 5.41) is 8.67. The number of carboxylic acid groups (broad SMARTS) is 1. The first-order chi connectivity index (χ1) is 1.73. The van der Waals surface area contributed by atoms with Gasteiger partial charge in [-0.05, 0) is 0 Å². The Morgan fingerprint density at radius 1 is 1.80 bits per heavy atom. The maximum atomic E-state index is 8.67. The van der Waals surface area contributed by atoms with E-state index in [1.54, 1.807) is 0 Å². The minimum absolute atomic E-state index is 0. The summed E-state index contributed by atoms with van der Waals surface area (Å²) in [4.78, 5) is 8.67. The summed E-state index contributed by atoms with van der Waals surface area (Å²) in [6.45, 7) is 0. The van der Waals surface area contributed by atoms with Crippen molar-refractivity contribution >= 4 is 6.09 Å². The minimum Gasteiger partial charge on any atom is -0.530 e. The average Bonchev–Trinajstić information content (AvgIpc) is 0.811. The molecule has 0 rings (SSSR count). The predicted molar refractivity (Wildman–Crippen MR) is 9.58 cm³/mol. The van der Waals surface area contributed by atoms with Gasteiger partial charge in [0, 0.05) is 0 Å². The Morgan fingerprint density at radius 2 is 1.80 bits per heavy atom. The molecule has 0 spiro atoms. The van der Waals surface area contributed by atoms with E-state index in [1.165, 1.54) is 0 Å². The first-order valence-electron chi connectivity index (χ1n) is 0.697. The number of carbonyl (C=O) groups excluding carboxylic acids is 1. The molecule has 5 heavy (non-hydrogen) atoms. The van der Waals surface area contributed by atoms with Crippen LogP contribution in [0.25, 0.3) is 0 Å². The van der Waals surface area contributed by atoms with Crippen LogP contribution in [0, 0.1) is 0 Å². The summed E-state index contributed by atoms with van der Waals surface area (Å²) >= 11 is 0. The van der Waals surface area contributed by atoms with Crippen LogP contribution in [0.3, 0.4) is 0 Å². The molecule has 0 aliphatic heterocycles. The van der Waals surface area contributed by atoms with Crippen molar-refractivity contribution in [2.24, 2.45) is 5.73 Å². The Balaban J connectivity index is 0. The number of nitrogens with two attached hydrogens (primary N) is 1. The summed E-state index contributed by atoms with van der Waals surface area (Å²) < 4.78 is 0. The van der Waals surface area contributed by atoms with Crippen molar-refractivity contribution in [1.82, 2.24) is 0 Å². The van der Waals surface area contributed by atoms with E-state index in [2.05, 4.69) is 5.73 Å². The maximum absolute atomic E-state index is 8.67. The zero-order chi connectivity index (χ0) is 3.58. The van der Waals surface area contributed by atoms with Gasteiger partial charge in [0.1, 0.15) is 6.09 Å². The van der Waals surface area contributed by atoms with E-state index in [9.17, 15) is 0 Å². The van der Waals surface area contributed by atoms with Gasteiger partial charge >= 0.3 is 17.1 Å². The Hall–Kier alpha value is -0.211. The van der Waals surface area contributed by atoms with Gasteiger partial charge in [-0.3, -0.25) is 0 Å². The van der Waals surface area contributed by atoms with Crippen molar-refractivity contribution in [1.29, 1.82) is 0 Å². The Bertz CT molecular complexity index is 32.6. The molecule has 0 saturated carbocycles. The minimum atomic E-state index is -1.58. The Labute approximate surface area is 39.6 Å². The second-order valence-corrected chi connectivity index (χ2v) is 0.319. The summed E-state index contributed by atoms with van der Waals surface area (Å²) in [6.07, 6.45) is -1.58. The topological polar surface area (TPSA) is 66.2 Å². The first-order valence-corrected chi connectivity index (χ1v) is 0.697. The summed E-state index contributed by atoms with van der Waals surface area (Å²) in [5.41, 5.74) is 3.92. The van der Waals surface area contributed by atoms with Crippen LogP contribution < -0.4 is 10.8 Å². The molecule has 1 radical (unpaired) electrons. The SMILES string of the molecule is NC(=O)[O-].[Fe+3]. The molecule has 0 unspecified atom stereocenters. The summed E-state index contributed by atoms with van der Waals surface area (Å²) in [5.74, 6) is 0. The summed E-state index contributed by atoms with van der Waals surface area (Å²) in [7, 11) is 0. The van der Waals surface area contributed by atoms with Crippen molar-refractivity contribution in [2.45, 2.75) is 0 Å². The number of amides is 1. The maximum Gasteiger partial charge on any atom is 3.00 e. The largest absolute Gasteiger partial charge is 3.00 e. The smallest absolute Gasteiger partial charge is 0.530 e. The van der Waals surface area contributed by atoms with Crippen LogP contribution >= 0.6 is 0 Å². The van der Waals surface area contributed by atoms with Crippen LogP contribution in [0.15, 0.2) is 0 Å². The van der Waals surface area contributed by atoms with Gasteiger partial charge in [-0.25, -0.2) is 0 Å². The van der Waals surface area contributed by atoms with Crippen molar-refractivity contribution in [3.05, 3.63) is 0 Å². The van der Waals surface area contributed by atoms with Gasteiger partial charge in [0.2, 0.25) is 0 Å². The Morgan fingerprint density at radius 3 is 1.80 bits per heavy atom. The number of carbonyl (C=O) groups is 1. The van der Waals surface area contributed by atoms with Gasteiger partial charge in [-0.1, -0.05) is 0 Å². The van der Waals surface area contributed by atoms with Gasteiger partial charge in [-0.2, -0.15) is 0 Å². The molecule has 0 saturated heterocycles. The van der Waals surface area contributed by atoms with E-state index in [0.29, 0.717) is 0 Å². The molecule has 0 bridgehead atoms. The molecule has 0 aliphatic carbocycles. The fourth-order valence-corrected chi connectivity index (χ4v) is 0. The van der Waals surface area contributed by atoms with Gasteiger partial charge < -0.3 is 15.6 Å². The quantitative estimate of drug-likeness (QED) is 0.382. The number of hydrogen-bond acceptors (Lipinski definition) is 2. The van der Waals surface area contributed by atoms with E-state index in [0.717, 1.165) is 0 Å². The van der Waals surface area contributed by atoms with Crippen LogP contribution in [0.1, 0.15) is 0 Å². The van der Waals surface area contributed by atoms with E-state index in [-0.39, 0.29) is 17.1 Å². The van der Waals surface area contributed by atoms with Crippen LogP contribution in [0.4, 0.5) is 4.79 Å². The molecule has 0 atom stereocenters. The molecule has 2 N–H and O–H groups in total. The third-order valence-corrected chi connectivity index (χ3v) is 0. The molecule has 3 nitrogen and oxygen atoms in total. The van der Waals surface area contributed by atoms with Crippen LogP contribution in [-0.2, 0) is 17.1 Å². The molecule has 0 heterocycles. The van der Waals surface area contributed by atoms with Crippen LogP contribution in [-0.4, -0.2) is 6.09 Å². The average molecular weight is 116 g/mol. The molecule has 0 aromatic carbocycles. The molecule has 0 fully saturated rings. The molecule has 4 heteroatoms. The van der Waals surface area contributed by atoms with Crippen molar-refractivity contribution in [3.8, 4) is 0 Å².